The minimum absolute atomic E-state index is 0.0530. The summed E-state index contributed by atoms with van der Waals surface area (Å²) in [6.45, 7) is 3.54. The third-order valence-electron chi connectivity index (χ3n) is 2.39. The number of hydrogen-bond acceptors (Lipinski definition) is 4. The fourth-order valence-electron chi connectivity index (χ4n) is 1.55. The number of aromatic nitrogens is 2. The Labute approximate surface area is 98.6 Å². The monoisotopic (exact) mass is 235 g/mol. The molecular formula is C12H14FN3O. The maximum atomic E-state index is 13.8. The lowest BCUT2D eigenvalue weighted by molar-refractivity contribution is 0.418. The maximum Gasteiger partial charge on any atom is 0.260 e. The first-order chi connectivity index (χ1) is 8.08. The van der Waals surface area contributed by atoms with E-state index < -0.39 is 0 Å². The summed E-state index contributed by atoms with van der Waals surface area (Å²) in [5.41, 5.74) is 6.51. The van der Waals surface area contributed by atoms with Crippen LogP contribution in [0, 0.1) is 12.7 Å². The van der Waals surface area contributed by atoms with E-state index in [9.17, 15) is 4.39 Å². The first-order valence-corrected chi connectivity index (χ1v) is 5.41. The molecule has 4 nitrogen and oxygen atoms in total. The molecule has 0 saturated heterocycles. The van der Waals surface area contributed by atoms with Crippen LogP contribution >= 0.6 is 0 Å². The third kappa shape index (κ3) is 2.50. The summed E-state index contributed by atoms with van der Waals surface area (Å²) < 4.78 is 18.8. The molecule has 2 rings (SSSR count). The molecule has 2 aromatic rings. The van der Waals surface area contributed by atoms with E-state index in [0.29, 0.717) is 23.4 Å². The lowest BCUT2D eigenvalue weighted by Gasteiger charge is -2.00. The molecule has 0 saturated carbocycles. The molecule has 1 aromatic heterocycles. The second kappa shape index (κ2) is 4.63. The van der Waals surface area contributed by atoms with Gasteiger partial charge in [-0.3, -0.25) is 0 Å². The Kier molecular flexibility index (Phi) is 3.19. The fourth-order valence-corrected chi connectivity index (χ4v) is 1.55. The second-order valence-electron chi connectivity index (χ2n) is 4.13. The lowest BCUT2D eigenvalue weighted by Crippen LogP contribution is -2.18. The fraction of sp³-hybridized carbons (Fsp3) is 0.333. The molecule has 0 aliphatic rings. The molecule has 17 heavy (non-hydrogen) atoms. The molecule has 2 N–H and O–H groups in total. The molecule has 0 bridgehead atoms. The Morgan fingerprint density at radius 1 is 1.47 bits per heavy atom. The summed E-state index contributed by atoms with van der Waals surface area (Å²) in [7, 11) is 0. The number of rotatable bonds is 3. The van der Waals surface area contributed by atoms with Gasteiger partial charge in [-0.05, 0) is 25.5 Å². The SMILES string of the molecule is Cc1cccc(-c2nc(CC(C)N)no2)c1F. The van der Waals surface area contributed by atoms with E-state index in [-0.39, 0.29) is 17.7 Å². The van der Waals surface area contributed by atoms with Gasteiger partial charge in [0.05, 0.1) is 5.56 Å². The van der Waals surface area contributed by atoms with Gasteiger partial charge in [0.15, 0.2) is 5.82 Å². The summed E-state index contributed by atoms with van der Waals surface area (Å²) in [5, 5.41) is 3.77. The van der Waals surface area contributed by atoms with Gasteiger partial charge < -0.3 is 10.3 Å². The molecule has 0 amide bonds. The van der Waals surface area contributed by atoms with Gasteiger partial charge in [0.25, 0.3) is 5.89 Å². The van der Waals surface area contributed by atoms with Gasteiger partial charge in [-0.1, -0.05) is 17.3 Å². The van der Waals surface area contributed by atoms with Crippen molar-refractivity contribution in [1.82, 2.24) is 10.1 Å². The Morgan fingerprint density at radius 2 is 2.24 bits per heavy atom. The van der Waals surface area contributed by atoms with Gasteiger partial charge in [0.2, 0.25) is 0 Å². The van der Waals surface area contributed by atoms with Gasteiger partial charge in [0.1, 0.15) is 5.82 Å². The Morgan fingerprint density at radius 3 is 2.94 bits per heavy atom. The Balaban J connectivity index is 2.34. The van der Waals surface area contributed by atoms with E-state index in [0.717, 1.165) is 0 Å². The van der Waals surface area contributed by atoms with Crippen LogP contribution < -0.4 is 5.73 Å². The van der Waals surface area contributed by atoms with Crippen LogP contribution in [0.1, 0.15) is 18.3 Å². The molecular weight excluding hydrogens is 221 g/mol. The minimum Gasteiger partial charge on any atom is -0.334 e. The van der Waals surface area contributed by atoms with Crippen LogP contribution in [-0.4, -0.2) is 16.2 Å². The second-order valence-corrected chi connectivity index (χ2v) is 4.13. The Hall–Kier alpha value is -1.75. The van der Waals surface area contributed by atoms with Crippen LogP contribution in [0.5, 0.6) is 0 Å². The number of nitrogens with zero attached hydrogens (tertiary/aromatic N) is 2. The van der Waals surface area contributed by atoms with Crippen LogP contribution in [0.3, 0.4) is 0 Å². The van der Waals surface area contributed by atoms with Crippen molar-refractivity contribution >= 4 is 0 Å². The summed E-state index contributed by atoms with van der Waals surface area (Å²) in [5.74, 6) is 0.362. The van der Waals surface area contributed by atoms with Crippen molar-refractivity contribution in [1.29, 1.82) is 0 Å². The molecule has 1 aromatic carbocycles. The number of aryl methyl sites for hydroxylation is 1. The molecule has 0 spiro atoms. The topological polar surface area (TPSA) is 64.9 Å². The van der Waals surface area contributed by atoms with Crippen molar-refractivity contribution < 1.29 is 8.91 Å². The quantitative estimate of drug-likeness (QED) is 0.884. The highest BCUT2D eigenvalue weighted by atomic mass is 19.1. The predicted octanol–water partition coefficient (Wildman–Crippen LogP) is 2.07. The van der Waals surface area contributed by atoms with Crippen molar-refractivity contribution in [2.45, 2.75) is 26.3 Å². The van der Waals surface area contributed by atoms with Gasteiger partial charge in [-0.15, -0.1) is 0 Å². The van der Waals surface area contributed by atoms with Crippen LogP contribution in [0.4, 0.5) is 4.39 Å². The number of benzene rings is 1. The first kappa shape index (κ1) is 11.7. The van der Waals surface area contributed by atoms with Crippen molar-refractivity contribution in [3.05, 3.63) is 35.4 Å². The molecule has 5 heteroatoms. The minimum atomic E-state index is -0.330. The summed E-state index contributed by atoms with van der Waals surface area (Å²) in [4.78, 5) is 4.12. The van der Waals surface area contributed by atoms with E-state index >= 15 is 0 Å². The van der Waals surface area contributed by atoms with Crippen LogP contribution in [-0.2, 0) is 6.42 Å². The highest BCUT2D eigenvalue weighted by Crippen LogP contribution is 2.23. The maximum absolute atomic E-state index is 13.8. The molecule has 90 valence electrons. The standard InChI is InChI=1S/C12H14FN3O/c1-7-4-3-5-9(11(7)13)12-15-10(16-17-12)6-8(2)14/h3-5,8H,6,14H2,1-2H3. The summed E-state index contributed by atoms with van der Waals surface area (Å²) >= 11 is 0. The molecule has 0 aliphatic heterocycles. The van der Waals surface area contributed by atoms with Gasteiger partial charge in [-0.2, -0.15) is 4.98 Å². The highest BCUT2D eigenvalue weighted by Gasteiger charge is 2.14. The lowest BCUT2D eigenvalue weighted by atomic mass is 10.1. The van der Waals surface area contributed by atoms with Crippen molar-refractivity contribution in [2.24, 2.45) is 5.73 Å². The van der Waals surface area contributed by atoms with E-state index in [1.807, 2.05) is 6.92 Å². The largest absolute Gasteiger partial charge is 0.334 e. The summed E-state index contributed by atoms with van der Waals surface area (Å²) in [6, 6.07) is 5.01. The van der Waals surface area contributed by atoms with Gasteiger partial charge >= 0.3 is 0 Å². The molecule has 0 aliphatic carbocycles. The van der Waals surface area contributed by atoms with E-state index in [4.69, 9.17) is 10.3 Å². The Bertz CT molecular complexity index is 522. The number of hydrogen-bond donors (Lipinski definition) is 1. The zero-order valence-electron chi connectivity index (χ0n) is 9.77. The number of nitrogens with two attached hydrogens (primary N) is 1. The normalized spacial score (nSPS) is 12.7. The van der Waals surface area contributed by atoms with Crippen LogP contribution in [0.2, 0.25) is 0 Å². The van der Waals surface area contributed by atoms with E-state index in [1.54, 1.807) is 25.1 Å². The smallest absolute Gasteiger partial charge is 0.260 e. The van der Waals surface area contributed by atoms with Crippen LogP contribution in [0.25, 0.3) is 11.5 Å². The molecule has 1 atom stereocenters. The average molecular weight is 235 g/mol. The third-order valence-corrected chi connectivity index (χ3v) is 2.39. The van der Waals surface area contributed by atoms with Gasteiger partial charge in [0, 0.05) is 12.5 Å². The molecule has 1 unspecified atom stereocenters. The van der Waals surface area contributed by atoms with E-state index in [2.05, 4.69) is 10.1 Å². The number of halogens is 1. The average Bonchev–Trinajstić information content (AvgIpc) is 2.69. The highest BCUT2D eigenvalue weighted by molar-refractivity contribution is 5.55. The van der Waals surface area contributed by atoms with Crippen LogP contribution in [0.15, 0.2) is 22.7 Å². The van der Waals surface area contributed by atoms with E-state index in [1.165, 1.54) is 0 Å². The van der Waals surface area contributed by atoms with Crippen molar-refractivity contribution in [2.75, 3.05) is 0 Å². The zero-order chi connectivity index (χ0) is 12.4. The van der Waals surface area contributed by atoms with Gasteiger partial charge in [-0.25, -0.2) is 4.39 Å². The van der Waals surface area contributed by atoms with Crippen molar-refractivity contribution in [3.8, 4) is 11.5 Å². The predicted molar refractivity (Wildman–Crippen MR) is 61.8 cm³/mol. The molecule has 0 radical (unpaired) electrons. The summed E-state index contributed by atoms with van der Waals surface area (Å²) in [6.07, 6.45) is 0.511. The first-order valence-electron chi connectivity index (χ1n) is 5.41. The molecule has 1 heterocycles. The molecule has 0 fully saturated rings. The zero-order valence-corrected chi connectivity index (χ0v) is 9.77. The van der Waals surface area contributed by atoms with Crippen molar-refractivity contribution in [3.63, 3.8) is 0 Å².